The summed E-state index contributed by atoms with van der Waals surface area (Å²) >= 11 is 0. The summed E-state index contributed by atoms with van der Waals surface area (Å²) < 4.78 is 22.5. The minimum Gasteiger partial charge on any atom is -0.492 e. The molecule has 168 valence electrons. The summed E-state index contributed by atoms with van der Waals surface area (Å²) in [6, 6.07) is 5.72. The molecule has 1 N–H and O–H groups in total. The minimum absolute atomic E-state index is 0.0100. The minimum atomic E-state index is -0.0769. The summed E-state index contributed by atoms with van der Waals surface area (Å²) in [5.74, 6) is 1.38. The molecule has 4 rings (SSSR count). The van der Waals surface area contributed by atoms with Gasteiger partial charge in [0.15, 0.2) is 0 Å². The van der Waals surface area contributed by atoms with Gasteiger partial charge in [0.25, 0.3) is 0 Å². The van der Waals surface area contributed by atoms with E-state index in [1.54, 1.807) is 0 Å². The van der Waals surface area contributed by atoms with Crippen molar-refractivity contribution < 1.29 is 23.5 Å². The quantitative estimate of drug-likeness (QED) is 0.656. The lowest BCUT2D eigenvalue weighted by atomic mass is 10.0. The van der Waals surface area contributed by atoms with Crippen molar-refractivity contribution in [1.29, 1.82) is 0 Å². The maximum atomic E-state index is 12.6. The zero-order valence-corrected chi connectivity index (χ0v) is 18.5. The molecule has 1 aliphatic heterocycles. The molecule has 1 saturated heterocycles. The Labute approximate surface area is 182 Å². The molecule has 0 bridgehead atoms. The second-order valence-electron chi connectivity index (χ2n) is 8.04. The summed E-state index contributed by atoms with van der Waals surface area (Å²) in [5, 5.41) is 7.11. The number of aromatic nitrogens is 1. The molecule has 1 aromatic carbocycles. The SMILES string of the molecule is CCOC1CC1C(=O)Nc1ccc(OCCN2CCOCC2)c(-c2c(C)noc2C)c1. The number of nitrogens with one attached hydrogen (secondary N) is 1. The number of amides is 1. The topological polar surface area (TPSA) is 86.1 Å². The number of morpholine rings is 1. The highest BCUT2D eigenvalue weighted by molar-refractivity contribution is 5.95. The van der Waals surface area contributed by atoms with E-state index in [0.29, 0.717) is 13.2 Å². The highest BCUT2D eigenvalue weighted by Crippen LogP contribution is 2.38. The number of anilines is 1. The molecular formula is C23H31N3O5. The number of aryl methyl sites for hydroxylation is 2. The van der Waals surface area contributed by atoms with E-state index in [9.17, 15) is 4.79 Å². The number of hydrogen-bond acceptors (Lipinski definition) is 7. The average molecular weight is 430 g/mol. The van der Waals surface area contributed by atoms with Gasteiger partial charge in [0.2, 0.25) is 5.91 Å². The van der Waals surface area contributed by atoms with Crippen LogP contribution in [-0.2, 0) is 14.3 Å². The van der Waals surface area contributed by atoms with Gasteiger partial charge in [-0.15, -0.1) is 0 Å². The van der Waals surface area contributed by atoms with Gasteiger partial charge in [-0.25, -0.2) is 0 Å². The third-order valence-electron chi connectivity index (χ3n) is 5.77. The molecule has 2 atom stereocenters. The van der Waals surface area contributed by atoms with E-state index in [2.05, 4.69) is 15.4 Å². The largest absolute Gasteiger partial charge is 0.492 e. The van der Waals surface area contributed by atoms with Crippen molar-refractivity contribution in [2.45, 2.75) is 33.3 Å². The molecule has 8 heteroatoms. The number of benzene rings is 1. The smallest absolute Gasteiger partial charge is 0.230 e. The van der Waals surface area contributed by atoms with Crippen LogP contribution in [0.5, 0.6) is 5.75 Å². The predicted molar refractivity (Wildman–Crippen MR) is 116 cm³/mol. The van der Waals surface area contributed by atoms with Crippen LogP contribution in [0.2, 0.25) is 0 Å². The molecule has 0 spiro atoms. The Kier molecular flexibility index (Phi) is 6.89. The summed E-state index contributed by atoms with van der Waals surface area (Å²) in [6.07, 6.45) is 0.814. The van der Waals surface area contributed by atoms with Gasteiger partial charge >= 0.3 is 0 Å². The lowest BCUT2D eigenvalue weighted by Gasteiger charge is -2.26. The Morgan fingerprint density at radius 3 is 2.81 bits per heavy atom. The predicted octanol–water partition coefficient (Wildman–Crippen LogP) is 3.03. The number of nitrogens with zero attached hydrogens (tertiary/aromatic N) is 2. The van der Waals surface area contributed by atoms with Crippen molar-refractivity contribution in [2.24, 2.45) is 5.92 Å². The Hall–Kier alpha value is -2.42. The van der Waals surface area contributed by atoms with Crippen molar-refractivity contribution in [2.75, 3.05) is 51.4 Å². The van der Waals surface area contributed by atoms with Crippen LogP contribution in [0.15, 0.2) is 22.7 Å². The van der Waals surface area contributed by atoms with Crippen molar-refractivity contribution in [3.63, 3.8) is 0 Å². The molecule has 2 fully saturated rings. The van der Waals surface area contributed by atoms with Crippen molar-refractivity contribution >= 4 is 11.6 Å². The zero-order valence-electron chi connectivity index (χ0n) is 18.5. The average Bonchev–Trinajstić information content (AvgIpc) is 3.46. The molecule has 1 aliphatic carbocycles. The van der Waals surface area contributed by atoms with E-state index in [1.165, 1.54) is 0 Å². The summed E-state index contributed by atoms with van der Waals surface area (Å²) in [6.45, 7) is 11.2. The van der Waals surface area contributed by atoms with Gasteiger partial charge in [0, 0.05) is 37.5 Å². The Bertz CT molecular complexity index is 887. The van der Waals surface area contributed by atoms with E-state index < -0.39 is 0 Å². The first-order chi connectivity index (χ1) is 15.1. The molecule has 0 radical (unpaired) electrons. The van der Waals surface area contributed by atoms with E-state index in [-0.39, 0.29) is 17.9 Å². The van der Waals surface area contributed by atoms with Crippen LogP contribution < -0.4 is 10.1 Å². The van der Waals surface area contributed by atoms with Crippen LogP contribution in [0.1, 0.15) is 24.8 Å². The molecule has 1 amide bonds. The second kappa shape index (κ2) is 9.80. The third-order valence-corrected chi connectivity index (χ3v) is 5.77. The molecule has 2 unspecified atom stereocenters. The summed E-state index contributed by atoms with van der Waals surface area (Å²) in [5.41, 5.74) is 3.28. The standard InChI is InChI=1S/C23H31N3O5/c1-4-29-21-14-19(21)23(27)24-17-5-6-20(30-12-9-26-7-10-28-11-8-26)18(13-17)22-15(2)25-31-16(22)3/h5-6,13,19,21H,4,7-12,14H2,1-3H3,(H,24,27). The lowest BCUT2D eigenvalue weighted by Crippen LogP contribution is -2.38. The van der Waals surface area contributed by atoms with Gasteiger partial charge in [-0.05, 0) is 45.4 Å². The van der Waals surface area contributed by atoms with Gasteiger partial charge in [-0.2, -0.15) is 0 Å². The normalized spacial score (nSPS) is 21.1. The van der Waals surface area contributed by atoms with Gasteiger partial charge in [-0.1, -0.05) is 5.16 Å². The van der Waals surface area contributed by atoms with Gasteiger partial charge in [-0.3, -0.25) is 9.69 Å². The first-order valence-electron chi connectivity index (χ1n) is 11.0. The summed E-state index contributed by atoms with van der Waals surface area (Å²) in [4.78, 5) is 14.9. The fourth-order valence-corrected chi connectivity index (χ4v) is 3.99. The van der Waals surface area contributed by atoms with Crippen molar-refractivity contribution in [3.8, 4) is 16.9 Å². The van der Waals surface area contributed by atoms with Crippen LogP contribution in [0.25, 0.3) is 11.1 Å². The van der Waals surface area contributed by atoms with E-state index in [0.717, 1.165) is 73.3 Å². The van der Waals surface area contributed by atoms with E-state index in [1.807, 2.05) is 39.0 Å². The van der Waals surface area contributed by atoms with Crippen molar-refractivity contribution in [1.82, 2.24) is 10.1 Å². The summed E-state index contributed by atoms with van der Waals surface area (Å²) in [7, 11) is 0. The maximum Gasteiger partial charge on any atom is 0.230 e. The number of carbonyl (C=O) groups excluding carboxylic acids is 1. The highest BCUT2D eigenvalue weighted by Gasteiger charge is 2.44. The molecule has 31 heavy (non-hydrogen) atoms. The molecule has 1 saturated carbocycles. The van der Waals surface area contributed by atoms with Crippen LogP contribution in [0.4, 0.5) is 5.69 Å². The lowest BCUT2D eigenvalue weighted by molar-refractivity contribution is -0.118. The van der Waals surface area contributed by atoms with Gasteiger partial charge < -0.3 is 24.1 Å². The van der Waals surface area contributed by atoms with Gasteiger partial charge in [0.05, 0.1) is 36.5 Å². The highest BCUT2D eigenvalue weighted by atomic mass is 16.5. The zero-order chi connectivity index (χ0) is 21.8. The molecule has 2 aromatic rings. The first-order valence-corrected chi connectivity index (χ1v) is 11.0. The van der Waals surface area contributed by atoms with E-state index in [4.69, 9.17) is 18.7 Å². The molecule has 1 aromatic heterocycles. The monoisotopic (exact) mass is 429 g/mol. The number of carbonyl (C=O) groups is 1. The molecule has 2 heterocycles. The van der Waals surface area contributed by atoms with Crippen LogP contribution >= 0.6 is 0 Å². The second-order valence-corrected chi connectivity index (χ2v) is 8.04. The Morgan fingerprint density at radius 2 is 2.10 bits per heavy atom. The Balaban J connectivity index is 1.48. The number of hydrogen-bond donors (Lipinski definition) is 1. The molecule has 8 nitrogen and oxygen atoms in total. The number of ether oxygens (including phenoxy) is 3. The Morgan fingerprint density at radius 1 is 1.29 bits per heavy atom. The molecular weight excluding hydrogens is 398 g/mol. The first kappa shape index (κ1) is 21.8. The fourth-order valence-electron chi connectivity index (χ4n) is 3.99. The van der Waals surface area contributed by atoms with E-state index >= 15 is 0 Å². The van der Waals surface area contributed by atoms with Crippen molar-refractivity contribution in [3.05, 3.63) is 29.7 Å². The third kappa shape index (κ3) is 5.26. The van der Waals surface area contributed by atoms with Crippen LogP contribution in [0, 0.1) is 19.8 Å². The molecule has 2 aliphatic rings. The van der Waals surface area contributed by atoms with Crippen LogP contribution in [-0.4, -0.2) is 68.1 Å². The fraction of sp³-hybridized carbons (Fsp3) is 0.565. The van der Waals surface area contributed by atoms with Gasteiger partial charge in [0.1, 0.15) is 18.1 Å². The number of rotatable bonds is 9. The maximum absolute atomic E-state index is 12.6. The van der Waals surface area contributed by atoms with Crippen LogP contribution in [0.3, 0.4) is 0 Å².